The molecule has 0 radical (unpaired) electrons. The van der Waals surface area contributed by atoms with Gasteiger partial charge in [-0.3, -0.25) is 0 Å². The van der Waals surface area contributed by atoms with E-state index >= 15 is 4.39 Å². The zero-order valence-corrected chi connectivity index (χ0v) is 21.9. The van der Waals surface area contributed by atoms with Gasteiger partial charge in [-0.15, -0.1) is 0 Å². The molecule has 1 aliphatic heterocycles. The van der Waals surface area contributed by atoms with Gasteiger partial charge in [-0.1, -0.05) is 18.2 Å². The summed E-state index contributed by atoms with van der Waals surface area (Å²) in [6, 6.07) is 11.7. The molecule has 11 heteroatoms. The minimum absolute atomic E-state index is 0.0103. The number of ether oxygens (including phenoxy) is 2. The number of carbonyl (C=O) groups is 1. The van der Waals surface area contributed by atoms with Crippen molar-refractivity contribution in [1.29, 1.82) is 0 Å². The summed E-state index contributed by atoms with van der Waals surface area (Å²) in [5.41, 5.74) is 0.935. The van der Waals surface area contributed by atoms with E-state index in [1.807, 2.05) is 13.0 Å². The lowest BCUT2D eigenvalue weighted by atomic mass is 9.76. The second kappa shape index (κ2) is 9.84. The van der Waals surface area contributed by atoms with Gasteiger partial charge in [0.2, 0.25) is 0 Å². The number of carboxylic acids is 1. The van der Waals surface area contributed by atoms with Gasteiger partial charge < -0.3 is 19.6 Å². The van der Waals surface area contributed by atoms with Gasteiger partial charge in [0.05, 0.1) is 23.1 Å². The molecule has 0 bridgehead atoms. The predicted octanol–water partition coefficient (Wildman–Crippen LogP) is 6.36. The van der Waals surface area contributed by atoms with Crippen LogP contribution in [0.4, 0.5) is 13.2 Å². The second-order valence-electron chi connectivity index (χ2n) is 9.89. The molecule has 0 unspecified atom stereocenters. The summed E-state index contributed by atoms with van der Waals surface area (Å²) in [6.07, 6.45) is 4.50. The van der Waals surface area contributed by atoms with Crippen LogP contribution in [0.2, 0.25) is 0 Å². The second-order valence-corrected chi connectivity index (χ2v) is 9.89. The molecule has 41 heavy (non-hydrogen) atoms. The van der Waals surface area contributed by atoms with Crippen molar-refractivity contribution in [2.75, 3.05) is 6.61 Å². The number of nitrogens with zero attached hydrogens (tertiary/aromatic N) is 3. The van der Waals surface area contributed by atoms with E-state index in [0.717, 1.165) is 23.8 Å². The van der Waals surface area contributed by atoms with Crippen molar-refractivity contribution >= 4 is 22.9 Å². The van der Waals surface area contributed by atoms with Gasteiger partial charge >= 0.3 is 5.97 Å². The van der Waals surface area contributed by atoms with Crippen LogP contribution in [0.1, 0.15) is 30.3 Å². The van der Waals surface area contributed by atoms with Crippen LogP contribution in [0, 0.1) is 17.5 Å². The molecule has 0 aliphatic carbocycles. The van der Waals surface area contributed by atoms with E-state index in [1.54, 1.807) is 19.2 Å². The molecule has 2 aromatic heterocycles. The average Bonchev–Trinajstić information content (AvgIpc) is 3.58. The molecule has 0 amide bonds. The first-order valence-electron chi connectivity index (χ1n) is 12.7. The van der Waals surface area contributed by atoms with Gasteiger partial charge in [0, 0.05) is 41.9 Å². The largest absolute Gasteiger partial charge is 0.493 e. The minimum Gasteiger partial charge on any atom is -0.493 e. The molecule has 5 aromatic rings. The minimum atomic E-state index is -1.08. The van der Waals surface area contributed by atoms with E-state index in [4.69, 9.17) is 19.6 Å². The van der Waals surface area contributed by atoms with Crippen molar-refractivity contribution in [2.45, 2.75) is 18.8 Å². The monoisotopic (exact) mass is 560 g/mol. The Balaban J connectivity index is 1.38. The van der Waals surface area contributed by atoms with Crippen molar-refractivity contribution in [3.63, 3.8) is 0 Å². The Morgan fingerprint density at radius 3 is 2.80 bits per heavy atom. The first kappa shape index (κ1) is 26.2. The average molecular weight is 561 g/mol. The Hall–Kier alpha value is -5.06. The fraction of sp³-hybridized carbons (Fsp3) is 0.167. The maximum Gasteiger partial charge on any atom is 0.328 e. The van der Waals surface area contributed by atoms with Crippen molar-refractivity contribution in [3.05, 3.63) is 95.2 Å². The van der Waals surface area contributed by atoms with Crippen LogP contribution < -0.4 is 9.47 Å². The highest BCUT2D eigenvalue weighted by Gasteiger charge is 2.40. The molecule has 0 fully saturated rings. The van der Waals surface area contributed by atoms with Gasteiger partial charge in [-0.05, 0) is 43.7 Å². The van der Waals surface area contributed by atoms with Crippen molar-refractivity contribution < 1.29 is 32.5 Å². The number of H-pyrrole nitrogens is 1. The highest BCUT2D eigenvalue weighted by molar-refractivity contribution is 5.86. The number of nitrogens with one attached hydrogen (secondary N) is 1. The molecular weight excluding hydrogens is 537 g/mol. The number of aliphatic carboxylic acids is 1. The van der Waals surface area contributed by atoms with Crippen molar-refractivity contribution in [2.24, 2.45) is 7.05 Å². The topological polar surface area (TPSA) is 102 Å². The van der Waals surface area contributed by atoms with Gasteiger partial charge in [0.15, 0.2) is 29.0 Å². The molecule has 0 saturated heterocycles. The van der Waals surface area contributed by atoms with Crippen LogP contribution in [0.3, 0.4) is 0 Å². The number of hydrogen-bond donors (Lipinski definition) is 2. The van der Waals surface area contributed by atoms with Crippen molar-refractivity contribution in [1.82, 2.24) is 19.7 Å². The maximum atomic E-state index is 15.1. The number of halogens is 3. The van der Waals surface area contributed by atoms with Crippen LogP contribution in [-0.4, -0.2) is 37.4 Å². The molecule has 3 aromatic carbocycles. The lowest BCUT2D eigenvalue weighted by Gasteiger charge is -2.34. The lowest BCUT2D eigenvalue weighted by Crippen LogP contribution is -2.32. The van der Waals surface area contributed by atoms with Crippen molar-refractivity contribution in [3.8, 4) is 28.6 Å². The molecule has 8 nitrogen and oxygen atoms in total. The zero-order valence-electron chi connectivity index (χ0n) is 21.9. The summed E-state index contributed by atoms with van der Waals surface area (Å²) < 4.78 is 57.7. The van der Waals surface area contributed by atoms with Crippen LogP contribution in [-0.2, 0) is 17.3 Å². The summed E-state index contributed by atoms with van der Waals surface area (Å²) in [5.74, 6) is -2.98. The van der Waals surface area contributed by atoms with Gasteiger partial charge in [0.1, 0.15) is 17.3 Å². The molecule has 6 rings (SSSR count). The Bertz CT molecular complexity index is 1860. The summed E-state index contributed by atoms with van der Waals surface area (Å²) in [7, 11) is 1.62. The normalized spacial score (nSPS) is 16.6. The van der Waals surface area contributed by atoms with Gasteiger partial charge in [-0.25, -0.2) is 27.6 Å². The lowest BCUT2D eigenvalue weighted by molar-refractivity contribution is -0.131. The number of rotatable bonds is 6. The van der Waals surface area contributed by atoms with Crippen LogP contribution in [0.25, 0.3) is 28.4 Å². The fourth-order valence-corrected chi connectivity index (χ4v) is 5.08. The number of hydrogen-bond acceptors (Lipinski definition) is 5. The molecule has 3 heterocycles. The van der Waals surface area contributed by atoms with E-state index < -0.39 is 34.6 Å². The summed E-state index contributed by atoms with van der Waals surface area (Å²) in [6.45, 7) is 2.27. The smallest absolute Gasteiger partial charge is 0.328 e. The Morgan fingerprint density at radius 2 is 2.00 bits per heavy atom. The highest BCUT2D eigenvalue weighted by atomic mass is 19.1. The number of para-hydroxylation sites is 1. The maximum absolute atomic E-state index is 15.1. The van der Waals surface area contributed by atoms with E-state index in [0.29, 0.717) is 30.2 Å². The first-order chi connectivity index (χ1) is 19.7. The summed E-state index contributed by atoms with van der Waals surface area (Å²) in [4.78, 5) is 18.5. The number of benzene rings is 3. The molecular formula is C30H23F3N4O4. The summed E-state index contributed by atoms with van der Waals surface area (Å²) in [5, 5.41) is 13.8. The molecule has 208 valence electrons. The quantitative estimate of drug-likeness (QED) is 0.234. The Kier molecular flexibility index (Phi) is 6.29. The molecule has 0 saturated carbocycles. The Morgan fingerprint density at radius 1 is 1.17 bits per heavy atom. The van der Waals surface area contributed by atoms with Gasteiger partial charge in [-0.2, -0.15) is 5.10 Å². The molecule has 2 N–H and O–H groups in total. The highest BCUT2D eigenvalue weighted by Crippen LogP contribution is 2.45. The fourth-order valence-electron chi connectivity index (χ4n) is 5.08. The molecule has 0 spiro atoms. The number of aromatic nitrogens is 4. The number of carboxylic acid groups (broad SMARTS) is 1. The number of aromatic amines is 1. The molecule has 1 aliphatic rings. The SMILES string of the molecule is Cn1nc([C@]2(C)CCOc3c(/C=C/C(=O)O)cccc32)nc1-c1cc(Oc2c(F)cc3[nH]ccc3c2F)ccc1F. The predicted molar refractivity (Wildman–Crippen MR) is 144 cm³/mol. The zero-order chi connectivity index (χ0) is 28.9. The first-order valence-corrected chi connectivity index (χ1v) is 12.7. The third kappa shape index (κ3) is 4.48. The number of fused-ring (bicyclic) bond motifs is 2. The van der Waals surface area contributed by atoms with Crippen LogP contribution in [0.15, 0.2) is 60.8 Å². The van der Waals surface area contributed by atoms with Crippen LogP contribution in [0.5, 0.6) is 17.2 Å². The third-order valence-corrected chi connectivity index (χ3v) is 7.25. The van der Waals surface area contributed by atoms with E-state index in [-0.39, 0.29) is 28.0 Å². The standard InChI is InChI=1S/C30H23F3N4O4/c1-30(11-13-40-26-16(6-9-24(38)39)4-3-5-20(26)30)29-35-28(37(2)36-29)19-14-17(7-8-21(19)31)41-27-22(32)15-23-18(25(27)33)10-12-34-23/h3-10,12,14-15,34H,11,13H2,1-2H3,(H,38,39)/b9-6+/t30-/m1/s1. The van der Waals surface area contributed by atoms with E-state index in [1.165, 1.54) is 35.2 Å². The third-order valence-electron chi connectivity index (χ3n) is 7.25. The number of aryl methyl sites for hydroxylation is 1. The Labute approximate surface area is 231 Å². The molecule has 1 atom stereocenters. The van der Waals surface area contributed by atoms with E-state index in [2.05, 4.69) is 10.1 Å². The summed E-state index contributed by atoms with van der Waals surface area (Å²) >= 11 is 0. The van der Waals surface area contributed by atoms with Crippen LogP contribution >= 0.6 is 0 Å². The van der Waals surface area contributed by atoms with E-state index in [9.17, 15) is 13.6 Å². The van der Waals surface area contributed by atoms with Gasteiger partial charge in [0.25, 0.3) is 0 Å².